The molecule has 0 aromatic heterocycles. The maximum atomic E-state index is 12.7. The van der Waals surface area contributed by atoms with Crippen LogP contribution in [0.15, 0.2) is 18.2 Å². The maximum absolute atomic E-state index is 12.7. The van der Waals surface area contributed by atoms with E-state index in [4.69, 9.17) is 5.73 Å². The quantitative estimate of drug-likeness (QED) is 0.902. The predicted molar refractivity (Wildman–Crippen MR) is 74.8 cm³/mol. The first-order chi connectivity index (χ1) is 9.64. The van der Waals surface area contributed by atoms with Gasteiger partial charge in [0, 0.05) is 24.8 Å². The molecule has 0 aliphatic carbocycles. The van der Waals surface area contributed by atoms with Crippen molar-refractivity contribution in [3.05, 3.63) is 29.3 Å². The first-order valence-electron chi connectivity index (χ1n) is 6.51. The van der Waals surface area contributed by atoms with Gasteiger partial charge in [-0.15, -0.1) is 0 Å². The van der Waals surface area contributed by atoms with Gasteiger partial charge in [-0.3, -0.25) is 0 Å². The van der Waals surface area contributed by atoms with Crippen molar-refractivity contribution in [2.45, 2.75) is 25.7 Å². The van der Waals surface area contributed by atoms with Gasteiger partial charge in [-0.2, -0.15) is 13.2 Å². The van der Waals surface area contributed by atoms with Crippen LogP contribution in [-0.2, 0) is 22.6 Å². The minimum atomic E-state index is -4.42. The molecule has 1 atom stereocenters. The van der Waals surface area contributed by atoms with Gasteiger partial charge >= 0.3 is 6.18 Å². The summed E-state index contributed by atoms with van der Waals surface area (Å²) < 4.78 is 61.3. The van der Waals surface area contributed by atoms with Crippen molar-refractivity contribution in [3.8, 4) is 0 Å². The highest BCUT2D eigenvalue weighted by Gasteiger charge is 2.33. The zero-order valence-electron chi connectivity index (χ0n) is 11.5. The monoisotopic (exact) mass is 322 g/mol. The van der Waals surface area contributed by atoms with Gasteiger partial charge in [-0.1, -0.05) is 0 Å². The van der Waals surface area contributed by atoms with E-state index in [-0.39, 0.29) is 30.6 Å². The van der Waals surface area contributed by atoms with Crippen LogP contribution in [0.5, 0.6) is 0 Å². The Balaban J connectivity index is 2.36. The summed E-state index contributed by atoms with van der Waals surface area (Å²) >= 11 is 0. The van der Waals surface area contributed by atoms with Crippen LogP contribution >= 0.6 is 0 Å². The van der Waals surface area contributed by atoms with Gasteiger partial charge in [0.25, 0.3) is 0 Å². The molecule has 0 saturated carbocycles. The van der Waals surface area contributed by atoms with Gasteiger partial charge in [0.05, 0.1) is 17.1 Å². The average Bonchev–Trinajstić information content (AvgIpc) is 2.36. The van der Waals surface area contributed by atoms with Crippen LogP contribution in [0.3, 0.4) is 0 Å². The van der Waals surface area contributed by atoms with Crippen molar-refractivity contribution >= 4 is 15.5 Å². The summed E-state index contributed by atoms with van der Waals surface area (Å²) in [5, 5.41) is 0. The third-order valence-electron chi connectivity index (χ3n) is 3.61. The molecule has 4 nitrogen and oxygen atoms in total. The van der Waals surface area contributed by atoms with Crippen LogP contribution < -0.4 is 10.6 Å². The fourth-order valence-electron chi connectivity index (χ4n) is 2.56. The Morgan fingerprint density at radius 1 is 1.38 bits per heavy atom. The molecule has 1 saturated heterocycles. The molecular weight excluding hydrogens is 305 g/mol. The fourth-order valence-corrected chi connectivity index (χ4v) is 4.12. The summed E-state index contributed by atoms with van der Waals surface area (Å²) in [7, 11) is -3.08. The van der Waals surface area contributed by atoms with Crippen molar-refractivity contribution in [3.63, 3.8) is 0 Å². The van der Waals surface area contributed by atoms with E-state index in [1.165, 1.54) is 6.07 Å². The molecule has 2 rings (SSSR count). The standard InChI is InChI=1S/C13H17F3N2O2S/c1-9-8-21(19,20)5-4-18(9)12-3-2-11(13(14,15)16)6-10(12)7-17/h2-3,6,9H,4-5,7-8,17H2,1H3. The highest BCUT2D eigenvalue weighted by molar-refractivity contribution is 7.91. The third kappa shape index (κ3) is 3.49. The maximum Gasteiger partial charge on any atom is 0.416 e. The van der Waals surface area contributed by atoms with Crippen molar-refractivity contribution in [2.75, 3.05) is 23.0 Å². The van der Waals surface area contributed by atoms with Crippen LogP contribution in [0.1, 0.15) is 18.1 Å². The zero-order valence-corrected chi connectivity index (χ0v) is 12.3. The summed E-state index contributed by atoms with van der Waals surface area (Å²) in [5.74, 6) is 0.000404. The van der Waals surface area contributed by atoms with E-state index in [1.807, 2.05) is 4.90 Å². The lowest BCUT2D eigenvalue weighted by atomic mass is 10.1. The Bertz CT molecular complexity index is 629. The van der Waals surface area contributed by atoms with Gasteiger partial charge in [0.2, 0.25) is 0 Å². The van der Waals surface area contributed by atoms with E-state index in [2.05, 4.69) is 0 Å². The number of nitrogens with two attached hydrogens (primary N) is 1. The summed E-state index contributed by atoms with van der Waals surface area (Å²) in [4.78, 5) is 1.81. The van der Waals surface area contributed by atoms with E-state index in [0.29, 0.717) is 11.3 Å². The summed E-state index contributed by atoms with van der Waals surface area (Å²) in [6.07, 6.45) is -4.42. The number of sulfone groups is 1. The van der Waals surface area contributed by atoms with E-state index in [0.717, 1.165) is 12.1 Å². The number of rotatable bonds is 2. The number of hydrogen-bond acceptors (Lipinski definition) is 4. The SMILES string of the molecule is CC1CS(=O)(=O)CCN1c1ccc(C(F)(F)F)cc1CN. The molecule has 1 heterocycles. The van der Waals surface area contributed by atoms with Gasteiger partial charge in [-0.25, -0.2) is 8.42 Å². The van der Waals surface area contributed by atoms with Crippen LogP contribution in [-0.4, -0.2) is 32.5 Å². The molecule has 0 amide bonds. The summed E-state index contributed by atoms with van der Waals surface area (Å²) in [6, 6.07) is 3.13. The molecule has 2 N–H and O–H groups in total. The molecule has 1 aromatic rings. The minimum absolute atomic E-state index is 0.00195. The second-order valence-electron chi connectivity index (χ2n) is 5.20. The van der Waals surface area contributed by atoms with Crippen LogP contribution in [0.2, 0.25) is 0 Å². The lowest BCUT2D eigenvalue weighted by Gasteiger charge is -2.36. The molecule has 0 radical (unpaired) electrons. The number of nitrogens with zero attached hydrogens (tertiary/aromatic N) is 1. The Kier molecular flexibility index (Phi) is 4.21. The van der Waals surface area contributed by atoms with Gasteiger partial charge in [-0.05, 0) is 30.7 Å². The van der Waals surface area contributed by atoms with Gasteiger partial charge in [0.15, 0.2) is 9.84 Å². The first-order valence-corrected chi connectivity index (χ1v) is 8.33. The van der Waals surface area contributed by atoms with Gasteiger partial charge < -0.3 is 10.6 Å². The number of halogens is 3. The minimum Gasteiger partial charge on any atom is -0.367 e. The van der Waals surface area contributed by atoms with E-state index < -0.39 is 21.6 Å². The highest BCUT2D eigenvalue weighted by atomic mass is 32.2. The lowest BCUT2D eigenvalue weighted by molar-refractivity contribution is -0.137. The second kappa shape index (κ2) is 5.49. The largest absolute Gasteiger partial charge is 0.416 e. The molecule has 1 fully saturated rings. The molecule has 1 aliphatic rings. The molecule has 0 spiro atoms. The molecular formula is C13H17F3N2O2S. The predicted octanol–water partition coefficient (Wildman–Crippen LogP) is 1.79. The molecule has 1 aliphatic heterocycles. The highest BCUT2D eigenvalue weighted by Crippen LogP contribution is 2.34. The lowest BCUT2D eigenvalue weighted by Crippen LogP contribution is -2.47. The molecule has 1 aromatic carbocycles. The molecule has 1 unspecified atom stereocenters. The smallest absolute Gasteiger partial charge is 0.367 e. The Morgan fingerprint density at radius 2 is 2.05 bits per heavy atom. The fraction of sp³-hybridized carbons (Fsp3) is 0.538. The molecule has 21 heavy (non-hydrogen) atoms. The van der Waals surface area contributed by atoms with Gasteiger partial charge in [0.1, 0.15) is 0 Å². The summed E-state index contributed by atoms with van der Waals surface area (Å²) in [5.41, 5.74) is 5.76. The summed E-state index contributed by atoms with van der Waals surface area (Å²) in [6.45, 7) is 1.98. The topological polar surface area (TPSA) is 63.4 Å². The Hall–Kier alpha value is -1.28. The van der Waals surface area contributed by atoms with Crippen molar-refractivity contribution in [1.82, 2.24) is 0 Å². The van der Waals surface area contributed by atoms with Crippen molar-refractivity contribution < 1.29 is 21.6 Å². The molecule has 0 bridgehead atoms. The Labute approximate surface area is 121 Å². The third-order valence-corrected chi connectivity index (χ3v) is 5.40. The van der Waals surface area contributed by atoms with Crippen molar-refractivity contribution in [2.24, 2.45) is 5.73 Å². The normalized spacial score (nSPS) is 22.3. The van der Waals surface area contributed by atoms with Crippen LogP contribution in [0.4, 0.5) is 18.9 Å². The van der Waals surface area contributed by atoms with Crippen molar-refractivity contribution in [1.29, 1.82) is 0 Å². The van der Waals surface area contributed by atoms with E-state index in [9.17, 15) is 21.6 Å². The van der Waals surface area contributed by atoms with Crippen LogP contribution in [0.25, 0.3) is 0 Å². The zero-order chi connectivity index (χ0) is 15.8. The average molecular weight is 322 g/mol. The number of anilines is 1. The molecule has 8 heteroatoms. The van der Waals surface area contributed by atoms with E-state index in [1.54, 1.807) is 6.92 Å². The number of alkyl halides is 3. The number of hydrogen-bond donors (Lipinski definition) is 1. The second-order valence-corrected chi connectivity index (χ2v) is 7.43. The number of benzene rings is 1. The molecule has 118 valence electrons. The Morgan fingerprint density at radius 3 is 2.57 bits per heavy atom. The first kappa shape index (κ1) is 16.1. The van der Waals surface area contributed by atoms with E-state index >= 15 is 0 Å². The van der Waals surface area contributed by atoms with Crippen LogP contribution in [0, 0.1) is 0 Å².